The van der Waals surface area contributed by atoms with E-state index in [2.05, 4.69) is 5.32 Å². The van der Waals surface area contributed by atoms with Crippen molar-refractivity contribution in [3.05, 3.63) is 24.0 Å². The minimum atomic E-state index is -4.37. The lowest BCUT2D eigenvalue weighted by Crippen LogP contribution is -2.39. The number of halogens is 4. The van der Waals surface area contributed by atoms with Crippen LogP contribution >= 0.6 is 0 Å². The highest BCUT2D eigenvalue weighted by molar-refractivity contribution is 5.95. The van der Waals surface area contributed by atoms with Gasteiger partial charge in [0.2, 0.25) is 5.91 Å². The molecule has 1 aromatic rings. The number of nitrogen functional groups attached to an aromatic ring is 1. The second kappa shape index (κ2) is 6.56. The van der Waals surface area contributed by atoms with Crippen LogP contribution in [0.2, 0.25) is 0 Å². The minimum Gasteiger partial charge on any atom is -0.397 e. The maximum absolute atomic E-state index is 12.8. The van der Waals surface area contributed by atoms with E-state index in [1.807, 2.05) is 0 Å². The van der Waals surface area contributed by atoms with Crippen LogP contribution < -0.4 is 11.1 Å². The van der Waals surface area contributed by atoms with Crippen LogP contribution in [0.15, 0.2) is 18.2 Å². The zero-order chi connectivity index (χ0) is 15.3. The normalized spacial score (nSPS) is 11.7. The van der Waals surface area contributed by atoms with Crippen LogP contribution in [0.3, 0.4) is 0 Å². The van der Waals surface area contributed by atoms with Crippen LogP contribution in [0, 0.1) is 5.82 Å². The van der Waals surface area contributed by atoms with Crippen molar-refractivity contribution in [3.8, 4) is 0 Å². The van der Waals surface area contributed by atoms with Crippen LogP contribution in [0.5, 0.6) is 0 Å². The quantitative estimate of drug-likeness (QED) is 0.646. The Bertz CT molecular complexity index is 476. The van der Waals surface area contributed by atoms with E-state index in [0.717, 1.165) is 17.0 Å². The summed E-state index contributed by atoms with van der Waals surface area (Å²) in [6, 6.07) is 3.37. The van der Waals surface area contributed by atoms with Crippen LogP contribution in [0.4, 0.5) is 28.9 Å². The number of carbonyl (C=O) groups is 1. The molecule has 0 bridgehead atoms. The highest BCUT2D eigenvalue weighted by atomic mass is 19.4. The molecule has 0 atom stereocenters. The highest BCUT2D eigenvalue weighted by Crippen LogP contribution is 2.19. The summed E-state index contributed by atoms with van der Waals surface area (Å²) in [5.41, 5.74) is 5.66. The molecular weight excluding hydrogens is 278 g/mol. The number of benzene rings is 1. The molecule has 0 aliphatic carbocycles. The fraction of sp³-hybridized carbons (Fsp3) is 0.417. The Morgan fingerprint density at radius 3 is 2.55 bits per heavy atom. The number of nitrogens with two attached hydrogens (primary N) is 1. The predicted molar refractivity (Wildman–Crippen MR) is 67.6 cm³/mol. The maximum Gasteiger partial charge on any atom is 0.401 e. The largest absolute Gasteiger partial charge is 0.401 e. The van der Waals surface area contributed by atoms with Gasteiger partial charge in [0.15, 0.2) is 0 Å². The van der Waals surface area contributed by atoms with Gasteiger partial charge in [0.1, 0.15) is 5.82 Å². The minimum absolute atomic E-state index is 0.0113. The van der Waals surface area contributed by atoms with Crippen molar-refractivity contribution in [1.82, 2.24) is 4.90 Å². The van der Waals surface area contributed by atoms with Crippen molar-refractivity contribution in [3.63, 3.8) is 0 Å². The van der Waals surface area contributed by atoms with Crippen LogP contribution in [-0.4, -0.2) is 36.6 Å². The first kappa shape index (κ1) is 16.2. The maximum atomic E-state index is 12.8. The molecule has 0 aliphatic rings. The van der Waals surface area contributed by atoms with Gasteiger partial charge < -0.3 is 11.1 Å². The SMILES string of the molecule is CCN(CC(=O)Nc1ccc(F)cc1N)CC(F)(F)F. The molecule has 3 N–H and O–H groups in total. The first-order valence-corrected chi connectivity index (χ1v) is 5.85. The highest BCUT2D eigenvalue weighted by Gasteiger charge is 2.30. The third-order valence-corrected chi connectivity index (χ3v) is 2.51. The van der Waals surface area contributed by atoms with E-state index >= 15 is 0 Å². The molecule has 0 unspecified atom stereocenters. The lowest BCUT2D eigenvalue weighted by Gasteiger charge is -2.21. The summed E-state index contributed by atoms with van der Waals surface area (Å²) in [5.74, 6) is -1.21. The first-order valence-electron chi connectivity index (χ1n) is 5.85. The topological polar surface area (TPSA) is 58.4 Å². The number of alkyl halides is 3. The number of nitrogens with one attached hydrogen (secondary N) is 1. The van der Waals surface area contributed by atoms with E-state index in [0.29, 0.717) is 0 Å². The molecule has 0 fully saturated rings. The average molecular weight is 293 g/mol. The van der Waals surface area contributed by atoms with E-state index < -0.39 is 31.0 Å². The van der Waals surface area contributed by atoms with Gasteiger partial charge in [-0.25, -0.2) is 4.39 Å². The summed E-state index contributed by atoms with van der Waals surface area (Å²) in [7, 11) is 0. The van der Waals surface area contributed by atoms with E-state index in [1.165, 1.54) is 13.0 Å². The molecule has 1 aromatic carbocycles. The number of anilines is 2. The lowest BCUT2D eigenvalue weighted by molar-refractivity contribution is -0.147. The van der Waals surface area contributed by atoms with Crippen LogP contribution in [0.25, 0.3) is 0 Å². The number of amides is 1. The molecule has 0 radical (unpaired) electrons. The third-order valence-electron chi connectivity index (χ3n) is 2.51. The molecule has 0 aliphatic heterocycles. The Morgan fingerprint density at radius 1 is 1.40 bits per heavy atom. The Labute approximate surface area is 113 Å². The third kappa shape index (κ3) is 5.43. The van der Waals surface area contributed by atoms with Crippen LogP contribution in [-0.2, 0) is 4.79 Å². The number of carbonyl (C=O) groups excluding carboxylic acids is 1. The molecule has 4 nitrogen and oxygen atoms in total. The van der Waals surface area contributed by atoms with E-state index in [4.69, 9.17) is 5.73 Å². The second-order valence-electron chi connectivity index (χ2n) is 4.20. The van der Waals surface area contributed by atoms with Gasteiger partial charge in [0, 0.05) is 0 Å². The van der Waals surface area contributed by atoms with Gasteiger partial charge in [0.05, 0.1) is 24.5 Å². The van der Waals surface area contributed by atoms with Gasteiger partial charge >= 0.3 is 6.18 Å². The number of likely N-dealkylation sites (N-methyl/N-ethyl adjacent to an activating group) is 1. The van der Waals surface area contributed by atoms with Crippen molar-refractivity contribution < 1.29 is 22.4 Å². The molecule has 112 valence electrons. The van der Waals surface area contributed by atoms with Crippen molar-refractivity contribution in [2.75, 3.05) is 30.7 Å². The zero-order valence-electron chi connectivity index (χ0n) is 10.8. The standard InChI is InChI=1S/C12H15F4N3O/c1-2-19(7-12(14,15)16)6-11(20)18-10-4-3-8(13)5-9(10)17/h3-5H,2,6-7,17H2,1H3,(H,18,20). The Kier molecular flexibility index (Phi) is 5.32. The second-order valence-corrected chi connectivity index (χ2v) is 4.20. The molecule has 20 heavy (non-hydrogen) atoms. The zero-order valence-corrected chi connectivity index (χ0v) is 10.8. The molecule has 0 aromatic heterocycles. The summed E-state index contributed by atoms with van der Waals surface area (Å²) in [6.45, 7) is -0.000247. The van der Waals surface area contributed by atoms with Gasteiger partial charge in [-0.3, -0.25) is 9.69 Å². The predicted octanol–water partition coefficient (Wildman–Crippen LogP) is 2.23. The number of nitrogens with zero attached hydrogens (tertiary/aromatic N) is 1. The molecule has 1 amide bonds. The number of hydrogen-bond donors (Lipinski definition) is 2. The molecule has 1 rings (SSSR count). The smallest absolute Gasteiger partial charge is 0.397 e. The van der Waals surface area contributed by atoms with E-state index in [-0.39, 0.29) is 17.9 Å². The molecule has 0 saturated carbocycles. The number of rotatable bonds is 5. The summed E-state index contributed by atoms with van der Waals surface area (Å²) in [6.07, 6.45) is -4.37. The van der Waals surface area contributed by atoms with Crippen molar-refractivity contribution in [2.45, 2.75) is 13.1 Å². The average Bonchev–Trinajstić information content (AvgIpc) is 2.30. The van der Waals surface area contributed by atoms with Gasteiger partial charge in [0.25, 0.3) is 0 Å². The summed E-state index contributed by atoms with van der Waals surface area (Å²) < 4.78 is 49.5. The van der Waals surface area contributed by atoms with Gasteiger partial charge in [-0.1, -0.05) is 6.92 Å². The van der Waals surface area contributed by atoms with Gasteiger partial charge in [-0.2, -0.15) is 13.2 Å². The molecule has 0 spiro atoms. The molecule has 8 heteroatoms. The monoisotopic (exact) mass is 293 g/mol. The Balaban J connectivity index is 2.62. The molecule has 0 heterocycles. The first-order chi connectivity index (χ1) is 9.21. The van der Waals surface area contributed by atoms with E-state index in [9.17, 15) is 22.4 Å². The fourth-order valence-electron chi connectivity index (χ4n) is 1.57. The lowest BCUT2D eigenvalue weighted by atomic mass is 10.2. The van der Waals surface area contributed by atoms with Crippen LogP contribution in [0.1, 0.15) is 6.92 Å². The summed E-state index contributed by atoms with van der Waals surface area (Å²) in [5, 5.41) is 2.35. The van der Waals surface area contributed by atoms with E-state index in [1.54, 1.807) is 0 Å². The molecule has 0 saturated heterocycles. The fourth-order valence-corrected chi connectivity index (χ4v) is 1.57. The summed E-state index contributed by atoms with van der Waals surface area (Å²) >= 11 is 0. The van der Waals surface area contributed by atoms with Gasteiger partial charge in [-0.15, -0.1) is 0 Å². The Hall–Kier alpha value is -1.83. The Morgan fingerprint density at radius 2 is 2.05 bits per heavy atom. The van der Waals surface area contributed by atoms with Crippen molar-refractivity contribution >= 4 is 17.3 Å². The van der Waals surface area contributed by atoms with Crippen molar-refractivity contribution in [2.24, 2.45) is 0 Å². The van der Waals surface area contributed by atoms with Gasteiger partial charge in [-0.05, 0) is 24.7 Å². The van der Waals surface area contributed by atoms with Crippen molar-refractivity contribution in [1.29, 1.82) is 0 Å². The molecular formula is C12H15F4N3O. The number of hydrogen-bond acceptors (Lipinski definition) is 3. The summed E-state index contributed by atoms with van der Waals surface area (Å²) in [4.78, 5) is 12.6.